The average Bonchev–Trinajstić information content (AvgIpc) is 2.99. The van der Waals surface area contributed by atoms with Crippen molar-refractivity contribution in [2.45, 2.75) is 13.0 Å². The lowest BCUT2D eigenvalue weighted by atomic mass is 10.1. The zero-order valence-electron chi connectivity index (χ0n) is 13.4. The monoisotopic (exact) mass is 357 g/mol. The van der Waals surface area contributed by atoms with Crippen molar-refractivity contribution in [1.29, 1.82) is 0 Å². The highest BCUT2D eigenvalue weighted by Gasteiger charge is 2.17. The molecule has 1 unspecified atom stereocenters. The van der Waals surface area contributed by atoms with Crippen LogP contribution in [-0.4, -0.2) is 16.0 Å². The Morgan fingerprint density at radius 2 is 2.04 bits per heavy atom. The fourth-order valence-corrected chi connectivity index (χ4v) is 3.43. The van der Waals surface area contributed by atoms with Crippen molar-refractivity contribution in [3.63, 3.8) is 0 Å². The maximum Gasteiger partial charge on any atom is 0.251 e. The lowest BCUT2D eigenvalue weighted by Gasteiger charge is -2.08. The van der Waals surface area contributed by atoms with Crippen LogP contribution in [0.5, 0.6) is 0 Å². The Labute approximate surface area is 148 Å². The van der Waals surface area contributed by atoms with E-state index < -0.39 is 12.0 Å². The summed E-state index contributed by atoms with van der Waals surface area (Å²) in [7, 11) is 0. The van der Waals surface area contributed by atoms with Crippen molar-refractivity contribution in [2.75, 3.05) is 5.32 Å². The van der Waals surface area contributed by atoms with Crippen LogP contribution >= 0.6 is 11.3 Å². The Morgan fingerprint density at radius 1 is 1.28 bits per heavy atom. The standard InChI is InChI=1S/C18H16FN3O2S/c1-10(23)14-7-4-8-16(21-14)22-18-12(17(20)24)9-15(25-18)11-5-2-3-6-13(11)19/h2-10,23H,1H3,(H2,20,24)(H,21,22). The largest absolute Gasteiger partial charge is 0.387 e. The van der Waals surface area contributed by atoms with Gasteiger partial charge in [0.1, 0.15) is 16.6 Å². The summed E-state index contributed by atoms with van der Waals surface area (Å²) in [5, 5.41) is 13.1. The molecule has 2 heterocycles. The van der Waals surface area contributed by atoms with E-state index in [4.69, 9.17) is 5.73 Å². The van der Waals surface area contributed by atoms with Crippen LogP contribution in [0.4, 0.5) is 15.2 Å². The first-order valence-corrected chi connectivity index (χ1v) is 8.38. The third-order valence-corrected chi connectivity index (χ3v) is 4.66. The molecular weight excluding hydrogens is 341 g/mol. The molecule has 2 aromatic heterocycles. The van der Waals surface area contributed by atoms with Crippen molar-refractivity contribution in [2.24, 2.45) is 5.73 Å². The third-order valence-electron chi connectivity index (χ3n) is 3.58. The Balaban J connectivity index is 2.00. The van der Waals surface area contributed by atoms with E-state index in [9.17, 15) is 14.3 Å². The number of halogens is 1. The molecule has 5 nitrogen and oxygen atoms in total. The maximum atomic E-state index is 14.0. The van der Waals surface area contributed by atoms with E-state index in [0.717, 1.165) is 0 Å². The number of amides is 1. The number of pyridine rings is 1. The van der Waals surface area contributed by atoms with Gasteiger partial charge < -0.3 is 16.2 Å². The van der Waals surface area contributed by atoms with Gasteiger partial charge in [-0.3, -0.25) is 4.79 Å². The van der Waals surface area contributed by atoms with Crippen LogP contribution in [0, 0.1) is 5.82 Å². The van der Waals surface area contributed by atoms with Crippen molar-refractivity contribution >= 4 is 28.1 Å². The van der Waals surface area contributed by atoms with Crippen LogP contribution in [0.15, 0.2) is 48.5 Å². The minimum Gasteiger partial charge on any atom is -0.387 e. The molecule has 0 saturated carbocycles. The van der Waals surface area contributed by atoms with E-state index in [1.165, 1.54) is 17.4 Å². The van der Waals surface area contributed by atoms with Crippen LogP contribution < -0.4 is 11.1 Å². The molecule has 0 radical (unpaired) electrons. The number of carbonyl (C=O) groups excluding carboxylic acids is 1. The number of benzene rings is 1. The first-order chi connectivity index (χ1) is 12.0. The number of rotatable bonds is 5. The quantitative estimate of drug-likeness (QED) is 0.647. The number of aliphatic hydroxyl groups is 1. The lowest BCUT2D eigenvalue weighted by molar-refractivity contribution is 0.100. The van der Waals surface area contributed by atoms with Crippen LogP contribution in [-0.2, 0) is 0 Å². The van der Waals surface area contributed by atoms with Crippen LogP contribution in [0.2, 0.25) is 0 Å². The minimum absolute atomic E-state index is 0.257. The third kappa shape index (κ3) is 3.67. The molecule has 0 spiro atoms. The summed E-state index contributed by atoms with van der Waals surface area (Å²) in [6.45, 7) is 1.61. The number of nitrogens with one attached hydrogen (secondary N) is 1. The smallest absolute Gasteiger partial charge is 0.251 e. The molecule has 0 aliphatic rings. The molecule has 1 aromatic carbocycles. The SMILES string of the molecule is CC(O)c1cccc(Nc2sc(-c3ccccc3F)cc2C(N)=O)n1. The molecule has 7 heteroatoms. The van der Waals surface area contributed by atoms with Crippen molar-refractivity contribution < 1.29 is 14.3 Å². The average molecular weight is 357 g/mol. The maximum absolute atomic E-state index is 14.0. The van der Waals surface area contributed by atoms with Gasteiger partial charge in [0.25, 0.3) is 5.91 Å². The molecule has 4 N–H and O–H groups in total. The lowest BCUT2D eigenvalue weighted by Crippen LogP contribution is -2.11. The number of nitrogens with zero attached hydrogens (tertiary/aromatic N) is 1. The van der Waals surface area contributed by atoms with Gasteiger partial charge >= 0.3 is 0 Å². The molecule has 3 rings (SSSR count). The van der Waals surface area contributed by atoms with Gasteiger partial charge in [-0.15, -0.1) is 11.3 Å². The minimum atomic E-state index is -0.713. The van der Waals surface area contributed by atoms with Gasteiger partial charge in [0.05, 0.1) is 17.4 Å². The van der Waals surface area contributed by atoms with Gasteiger partial charge in [0.2, 0.25) is 0 Å². The van der Waals surface area contributed by atoms with Gasteiger partial charge in [-0.1, -0.05) is 24.3 Å². The fraction of sp³-hybridized carbons (Fsp3) is 0.111. The van der Waals surface area contributed by atoms with Crippen LogP contribution in [0.1, 0.15) is 29.1 Å². The summed E-state index contributed by atoms with van der Waals surface area (Å²) in [4.78, 5) is 16.6. The Kier molecular flexibility index (Phi) is 4.78. The van der Waals surface area contributed by atoms with E-state index in [-0.39, 0.29) is 11.4 Å². The number of carbonyl (C=O) groups is 1. The Hall–Kier alpha value is -2.77. The zero-order chi connectivity index (χ0) is 18.0. The highest BCUT2D eigenvalue weighted by Crippen LogP contribution is 2.37. The molecule has 0 fully saturated rings. The van der Waals surface area contributed by atoms with Gasteiger partial charge in [-0.05, 0) is 31.2 Å². The van der Waals surface area contributed by atoms with E-state index >= 15 is 0 Å². The van der Waals surface area contributed by atoms with Gasteiger partial charge in [-0.25, -0.2) is 9.37 Å². The van der Waals surface area contributed by atoms with Crippen LogP contribution in [0.25, 0.3) is 10.4 Å². The molecule has 1 atom stereocenters. The molecular formula is C18H16FN3O2S. The van der Waals surface area contributed by atoms with E-state index in [0.29, 0.717) is 27.0 Å². The second-order valence-electron chi connectivity index (χ2n) is 5.45. The van der Waals surface area contributed by atoms with Gasteiger partial charge in [0, 0.05) is 10.4 Å². The molecule has 25 heavy (non-hydrogen) atoms. The van der Waals surface area contributed by atoms with Crippen molar-refractivity contribution in [3.8, 4) is 10.4 Å². The highest BCUT2D eigenvalue weighted by atomic mass is 32.1. The predicted molar refractivity (Wildman–Crippen MR) is 96.4 cm³/mol. The number of hydrogen-bond donors (Lipinski definition) is 3. The summed E-state index contributed by atoms with van der Waals surface area (Å²) >= 11 is 1.21. The molecule has 0 saturated heterocycles. The van der Waals surface area contributed by atoms with E-state index in [1.54, 1.807) is 49.4 Å². The van der Waals surface area contributed by atoms with Gasteiger partial charge in [-0.2, -0.15) is 0 Å². The normalized spacial score (nSPS) is 12.0. The first kappa shape index (κ1) is 17.1. The zero-order valence-corrected chi connectivity index (χ0v) is 14.2. The number of primary amides is 1. The Morgan fingerprint density at radius 3 is 2.72 bits per heavy atom. The molecule has 128 valence electrons. The summed E-state index contributed by atoms with van der Waals surface area (Å²) in [6, 6.07) is 13.0. The highest BCUT2D eigenvalue weighted by molar-refractivity contribution is 7.19. The molecule has 1 amide bonds. The van der Waals surface area contributed by atoms with Crippen molar-refractivity contribution in [1.82, 2.24) is 4.98 Å². The predicted octanol–water partition coefficient (Wildman–Crippen LogP) is 3.85. The number of aliphatic hydroxyl groups excluding tert-OH is 1. The van der Waals surface area contributed by atoms with Crippen LogP contribution in [0.3, 0.4) is 0 Å². The summed E-state index contributed by atoms with van der Waals surface area (Å²) in [6.07, 6.45) is -0.713. The second-order valence-corrected chi connectivity index (χ2v) is 6.50. The molecule has 0 aliphatic heterocycles. The molecule has 3 aromatic rings. The fourth-order valence-electron chi connectivity index (χ4n) is 2.33. The summed E-state index contributed by atoms with van der Waals surface area (Å²) in [5.74, 6) is -0.531. The number of hydrogen-bond acceptors (Lipinski definition) is 5. The van der Waals surface area contributed by atoms with Crippen molar-refractivity contribution in [3.05, 3.63) is 65.6 Å². The summed E-state index contributed by atoms with van der Waals surface area (Å²) in [5.41, 5.74) is 6.60. The number of nitrogens with two attached hydrogens (primary N) is 1. The number of thiophene rings is 1. The van der Waals surface area contributed by atoms with Gasteiger partial charge in [0.15, 0.2) is 0 Å². The Bertz CT molecular complexity index is 924. The molecule has 0 bridgehead atoms. The summed E-state index contributed by atoms with van der Waals surface area (Å²) < 4.78 is 14.0. The number of aromatic nitrogens is 1. The topological polar surface area (TPSA) is 88.2 Å². The first-order valence-electron chi connectivity index (χ1n) is 7.56. The second kappa shape index (κ2) is 7.00. The molecule has 0 aliphatic carbocycles. The van der Waals surface area contributed by atoms with E-state index in [1.807, 2.05) is 0 Å². The van der Waals surface area contributed by atoms with E-state index in [2.05, 4.69) is 10.3 Å². The number of anilines is 2.